The molecule has 0 aliphatic carbocycles. The van der Waals surface area contributed by atoms with E-state index in [1.807, 2.05) is 20.0 Å². The summed E-state index contributed by atoms with van der Waals surface area (Å²) in [6.07, 6.45) is 4.08. The van der Waals surface area contributed by atoms with Crippen LogP contribution in [0.4, 0.5) is 0 Å². The van der Waals surface area contributed by atoms with Gasteiger partial charge < -0.3 is 5.73 Å². The van der Waals surface area contributed by atoms with Crippen LogP contribution >= 0.6 is 11.3 Å². The van der Waals surface area contributed by atoms with E-state index >= 15 is 0 Å². The van der Waals surface area contributed by atoms with Crippen LogP contribution in [-0.2, 0) is 6.42 Å². The maximum absolute atomic E-state index is 5.63. The molecule has 0 unspecified atom stereocenters. The second kappa shape index (κ2) is 3.83. The van der Waals surface area contributed by atoms with Crippen LogP contribution in [0.3, 0.4) is 0 Å². The van der Waals surface area contributed by atoms with Crippen LogP contribution in [0.15, 0.2) is 6.20 Å². The quantitative estimate of drug-likeness (QED) is 0.750. The SMILES string of the molecule is Cc1ncc(CC[C@@H](C)N)s1. The fourth-order valence-corrected chi connectivity index (χ4v) is 1.70. The van der Waals surface area contributed by atoms with Crippen molar-refractivity contribution < 1.29 is 0 Å². The molecule has 0 spiro atoms. The van der Waals surface area contributed by atoms with Crippen molar-refractivity contribution in [2.24, 2.45) is 5.73 Å². The second-order valence-electron chi connectivity index (χ2n) is 2.86. The number of rotatable bonds is 3. The highest BCUT2D eigenvalue weighted by Gasteiger charge is 1.99. The van der Waals surface area contributed by atoms with Crippen molar-refractivity contribution in [1.29, 1.82) is 0 Å². The number of nitrogens with zero attached hydrogens (tertiary/aromatic N) is 1. The molecule has 2 N–H and O–H groups in total. The molecule has 0 saturated heterocycles. The minimum Gasteiger partial charge on any atom is -0.328 e. The number of aromatic nitrogens is 1. The first kappa shape index (κ1) is 8.68. The number of nitrogens with two attached hydrogens (primary N) is 1. The molecule has 0 aliphatic rings. The van der Waals surface area contributed by atoms with Gasteiger partial charge in [0.1, 0.15) is 0 Å². The molecule has 2 nitrogen and oxygen atoms in total. The first-order valence-electron chi connectivity index (χ1n) is 3.85. The van der Waals surface area contributed by atoms with E-state index in [0.717, 1.165) is 17.8 Å². The molecule has 0 radical (unpaired) electrons. The molecule has 0 bridgehead atoms. The zero-order chi connectivity index (χ0) is 8.27. The molecule has 3 heteroatoms. The number of hydrogen-bond donors (Lipinski definition) is 1. The lowest BCUT2D eigenvalue weighted by Crippen LogP contribution is -2.14. The topological polar surface area (TPSA) is 38.9 Å². The lowest BCUT2D eigenvalue weighted by molar-refractivity contribution is 0.670. The van der Waals surface area contributed by atoms with Crippen LogP contribution in [0.5, 0.6) is 0 Å². The third-order valence-corrected chi connectivity index (χ3v) is 2.49. The molecule has 1 rings (SSSR count). The maximum Gasteiger partial charge on any atom is 0.0896 e. The zero-order valence-electron chi connectivity index (χ0n) is 7.00. The van der Waals surface area contributed by atoms with Gasteiger partial charge in [-0.05, 0) is 26.7 Å². The lowest BCUT2D eigenvalue weighted by Gasteiger charge is -2.00. The molecule has 0 amide bonds. The van der Waals surface area contributed by atoms with E-state index in [0.29, 0.717) is 6.04 Å². The Morgan fingerprint density at radius 3 is 2.91 bits per heavy atom. The summed E-state index contributed by atoms with van der Waals surface area (Å²) in [7, 11) is 0. The van der Waals surface area contributed by atoms with Crippen molar-refractivity contribution in [3.63, 3.8) is 0 Å². The van der Waals surface area contributed by atoms with Crippen LogP contribution in [0.1, 0.15) is 23.2 Å². The van der Waals surface area contributed by atoms with Gasteiger partial charge in [0.05, 0.1) is 5.01 Å². The third kappa shape index (κ3) is 2.99. The van der Waals surface area contributed by atoms with Gasteiger partial charge in [0, 0.05) is 17.1 Å². The first-order valence-corrected chi connectivity index (χ1v) is 4.67. The van der Waals surface area contributed by atoms with Gasteiger partial charge in [-0.15, -0.1) is 11.3 Å². The van der Waals surface area contributed by atoms with Gasteiger partial charge in [-0.25, -0.2) is 4.98 Å². The van der Waals surface area contributed by atoms with E-state index in [1.165, 1.54) is 4.88 Å². The highest BCUT2D eigenvalue weighted by molar-refractivity contribution is 7.11. The van der Waals surface area contributed by atoms with E-state index in [4.69, 9.17) is 5.73 Å². The normalized spacial score (nSPS) is 13.4. The Hall–Kier alpha value is -0.410. The Morgan fingerprint density at radius 2 is 2.45 bits per heavy atom. The van der Waals surface area contributed by atoms with Crippen molar-refractivity contribution in [3.05, 3.63) is 16.1 Å². The van der Waals surface area contributed by atoms with E-state index < -0.39 is 0 Å². The average molecular weight is 170 g/mol. The van der Waals surface area contributed by atoms with Crippen LogP contribution in [0.25, 0.3) is 0 Å². The Balaban J connectivity index is 2.39. The standard InChI is InChI=1S/C8H14N2S/c1-6(9)3-4-8-5-10-7(2)11-8/h5-6H,3-4,9H2,1-2H3/t6-/m1/s1. The summed E-state index contributed by atoms with van der Waals surface area (Å²) < 4.78 is 0. The molecule has 1 aromatic heterocycles. The number of hydrogen-bond acceptors (Lipinski definition) is 3. The van der Waals surface area contributed by atoms with Gasteiger partial charge in [0.15, 0.2) is 0 Å². The van der Waals surface area contributed by atoms with E-state index in [2.05, 4.69) is 4.98 Å². The van der Waals surface area contributed by atoms with Crippen LogP contribution < -0.4 is 5.73 Å². The fourth-order valence-electron chi connectivity index (χ4n) is 0.891. The summed E-state index contributed by atoms with van der Waals surface area (Å²) in [5.74, 6) is 0. The zero-order valence-corrected chi connectivity index (χ0v) is 7.82. The Kier molecular flexibility index (Phi) is 3.02. The monoisotopic (exact) mass is 170 g/mol. The Bertz CT molecular complexity index is 218. The summed E-state index contributed by atoms with van der Waals surface area (Å²) in [5, 5.41) is 1.14. The summed E-state index contributed by atoms with van der Waals surface area (Å²) in [6, 6.07) is 0.303. The molecular weight excluding hydrogens is 156 g/mol. The smallest absolute Gasteiger partial charge is 0.0896 e. The van der Waals surface area contributed by atoms with Crippen LogP contribution in [0, 0.1) is 6.92 Å². The minimum atomic E-state index is 0.303. The molecular formula is C8H14N2S. The van der Waals surface area contributed by atoms with Gasteiger partial charge in [0.25, 0.3) is 0 Å². The molecule has 0 aliphatic heterocycles. The van der Waals surface area contributed by atoms with Crippen molar-refractivity contribution in [1.82, 2.24) is 4.98 Å². The predicted molar refractivity (Wildman–Crippen MR) is 48.8 cm³/mol. The largest absolute Gasteiger partial charge is 0.328 e. The van der Waals surface area contributed by atoms with Crippen LogP contribution in [0.2, 0.25) is 0 Å². The average Bonchev–Trinajstić information content (AvgIpc) is 2.31. The summed E-state index contributed by atoms with van der Waals surface area (Å²) in [5.41, 5.74) is 5.63. The van der Waals surface area contributed by atoms with Gasteiger partial charge in [-0.2, -0.15) is 0 Å². The fraction of sp³-hybridized carbons (Fsp3) is 0.625. The van der Waals surface area contributed by atoms with Crippen molar-refractivity contribution >= 4 is 11.3 Å². The van der Waals surface area contributed by atoms with Gasteiger partial charge in [0.2, 0.25) is 0 Å². The first-order chi connectivity index (χ1) is 5.18. The molecule has 11 heavy (non-hydrogen) atoms. The third-order valence-electron chi connectivity index (χ3n) is 1.52. The second-order valence-corrected chi connectivity index (χ2v) is 4.18. The summed E-state index contributed by atoms with van der Waals surface area (Å²) in [4.78, 5) is 5.52. The van der Waals surface area contributed by atoms with Gasteiger partial charge in [-0.1, -0.05) is 0 Å². The Labute approximate surface area is 71.5 Å². The maximum atomic E-state index is 5.63. The molecule has 1 heterocycles. The Morgan fingerprint density at radius 1 is 1.73 bits per heavy atom. The van der Waals surface area contributed by atoms with E-state index in [1.54, 1.807) is 11.3 Å². The number of aryl methyl sites for hydroxylation is 2. The minimum absolute atomic E-state index is 0.303. The van der Waals surface area contributed by atoms with Gasteiger partial charge >= 0.3 is 0 Å². The van der Waals surface area contributed by atoms with E-state index in [-0.39, 0.29) is 0 Å². The van der Waals surface area contributed by atoms with E-state index in [9.17, 15) is 0 Å². The molecule has 0 saturated carbocycles. The summed E-state index contributed by atoms with van der Waals surface area (Å²) in [6.45, 7) is 4.06. The van der Waals surface area contributed by atoms with Crippen molar-refractivity contribution in [3.8, 4) is 0 Å². The summed E-state index contributed by atoms with van der Waals surface area (Å²) >= 11 is 1.76. The van der Waals surface area contributed by atoms with Crippen LogP contribution in [-0.4, -0.2) is 11.0 Å². The van der Waals surface area contributed by atoms with Crippen molar-refractivity contribution in [2.45, 2.75) is 32.7 Å². The van der Waals surface area contributed by atoms with Gasteiger partial charge in [-0.3, -0.25) is 0 Å². The lowest BCUT2D eigenvalue weighted by atomic mass is 10.2. The molecule has 1 aromatic rings. The molecule has 0 aromatic carbocycles. The molecule has 0 fully saturated rings. The van der Waals surface area contributed by atoms with Crippen molar-refractivity contribution in [2.75, 3.05) is 0 Å². The number of thiazole rings is 1. The highest BCUT2D eigenvalue weighted by Crippen LogP contribution is 2.13. The molecule has 62 valence electrons. The molecule has 1 atom stereocenters. The predicted octanol–water partition coefficient (Wildman–Crippen LogP) is 1.73. The highest BCUT2D eigenvalue weighted by atomic mass is 32.1.